The lowest BCUT2D eigenvalue weighted by Gasteiger charge is -2.40. The van der Waals surface area contributed by atoms with Crippen LogP contribution in [0.1, 0.15) is 39.6 Å². The van der Waals surface area contributed by atoms with Gasteiger partial charge in [-0.1, -0.05) is 49.4 Å². The van der Waals surface area contributed by atoms with Crippen LogP contribution in [-0.2, 0) is 4.79 Å². The number of anilines is 2. The summed E-state index contributed by atoms with van der Waals surface area (Å²) >= 11 is 0. The molecule has 1 atom stereocenters. The van der Waals surface area contributed by atoms with Crippen LogP contribution in [0.4, 0.5) is 11.4 Å². The van der Waals surface area contributed by atoms with Crippen molar-refractivity contribution in [2.75, 3.05) is 9.80 Å². The number of carbonyl (C=O) groups is 3. The zero-order valence-corrected chi connectivity index (χ0v) is 16.9. The second-order valence-electron chi connectivity index (χ2n) is 7.30. The van der Waals surface area contributed by atoms with Gasteiger partial charge in [-0.05, 0) is 55.3 Å². The zero-order chi connectivity index (χ0) is 21.3. The molecule has 0 saturated carbocycles. The number of amides is 3. The molecule has 0 N–H and O–H groups in total. The van der Waals surface area contributed by atoms with Crippen LogP contribution in [0.15, 0.2) is 78.9 Å². The summed E-state index contributed by atoms with van der Waals surface area (Å²) in [5.74, 6) is -1.04. The summed E-state index contributed by atoms with van der Waals surface area (Å²) in [6, 6.07) is 22.3. The average Bonchev–Trinajstić information content (AvgIpc) is 2.78. The van der Waals surface area contributed by atoms with E-state index in [1.807, 2.05) is 38.1 Å². The van der Waals surface area contributed by atoms with Crippen molar-refractivity contribution < 1.29 is 14.4 Å². The number of hydrogen-bond donors (Lipinski definition) is 0. The van der Waals surface area contributed by atoms with Crippen molar-refractivity contribution >= 4 is 29.1 Å². The van der Waals surface area contributed by atoms with E-state index in [0.29, 0.717) is 28.9 Å². The van der Waals surface area contributed by atoms with Gasteiger partial charge in [0.25, 0.3) is 17.7 Å². The van der Waals surface area contributed by atoms with E-state index in [1.54, 1.807) is 54.6 Å². The zero-order valence-electron chi connectivity index (χ0n) is 16.9. The highest BCUT2D eigenvalue weighted by atomic mass is 16.2. The van der Waals surface area contributed by atoms with E-state index in [-0.39, 0.29) is 5.91 Å². The Labute approximate surface area is 175 Å². The third-order valence-corrected chi connectivity index (χ3v) is 5.30. The van der Waals surface area contributed by atoms with E-state index in [4.69, 9.17) is 0 Å². The number of imide groups is 1. The predicted octanol–water partition coefficient (Wildman–Crippen LogP) is 4.61. The maximum Gasteiger partial charge on any atom is 0.265 e. The smallest absolute Gasteiger partial charge is 0.265 e. The predicted molar refractivity (Wildman–Crippen MR) is 117 cm³/mol. The van der Waals surface area contributed by atoms with E-state index >= 15 is 0 Å². The van der Waals surface area contributed by atoms with Crippen molar-refractivity contribution in [3.63, 3.8) is 0 Å². The van der Waals surface area contributed by atoms with Crippen LogP contribution in [0.25, 0.3) is 0 Å². The quantitative estimate of drug-likeness (QED) is 0.606. The molecule has 150 valence electrons. The van der Waals surface area contributed by atoms with Crippen LogP contribution in [0.3, 0.4) is 0 Å². The fourth-order valence-corrected chi connectivity index (χ4v) is 3.81. The first kappa shape index (κ1) is 19.6. The molecule has 0 aromatic heterocycles. The van der Waals surface area contributed by atoms with Crippen LogP contribution in [0.2, 0.25) is 0 Å². The van der Waals surface area contributed by atoms with Gasteiger partial charge in [-0.15, -0.1) is 0 Å². The second-order valence-corrected chi connectivity index (χ2v) is 7.30. The summed E-state index contributed by atoms with van der Waals surface area (Å²) in [6.45, 7) is 3.74. The van der Waals surface area contributed by atoms with E-state index in [0.717, 1.165) is 5.56 Å². The SMILES string of the molecule is CC[C@@H]1C(=O)N(C(=O)c2ccccc2)c2cc(C)ccc2N1C(=O)c1ccccc1. The normalized spacial score (nSPS) is 15.7. The number of hydrogen-bond acceptors (Lipinski definition) is 3. The summed E-state index contributed by atoms with van der Waals surface area (Å²) in [5.41, 5.74) is 2.82. The number of rotatable bonds is 3. The molecule has 5 heteroatoms. The first-order valence-electron chi connectivity index (χ1n) is 9.95. The number of carbonyl (C=O) groups excluding carboxylic acids is 3. The molecule has 5 nitrogen and oxygen atoms in total. The highest BCUT2D eigenvalue weighted by molar-refractivity contribution is 6.28. The highest BCUT2D eigenvalue weighted by Gasteiger charge is 2.43. The summed E-state index contributed by atoms with van der Waals surface area (Å²) in [5, 5.41) is 0. The minimum Gasteiger partial charge on any atom is -0.294 e. The van der Waals surface area contributed by atoms with Crippen molar-refractivity contribution in [1.29, 1.82) is 0 Å². The molecule has 3 amide bonds. The van der Waals surface area contributed by atoms with Crippen LogP contribution in [0.5, 0.6) is 0 Å². The van der Waals surface area contributed by atoms with Gasteiger partial charge in [0.05, 0.1) is 11.4 Å². The summed E-state index contributed by atoms with van der Waals surface area (Å²) in [6.07, 6.45) is 0.392. The minimum absolute atomic E-state index is 0.257. The molecule has 30 heavy (non-hydrogen) atoms. The Morgan fingerprint density at radius 1 is 0.800 bits per heavy atom. The summed E-state index contributed by atoms with van der Waals surface area (Å²) in [4.78, 5) is 42.9. The van der Waals surface area contributed by atoms with Gasteiger partial charge >= 0.3 is 0 Å². The second kappa shape index (κ2) is 7.95. The van der Waals surface area contributed by atoms with Gasteiger partial charge in [-0.2, -0.15) is 0 Å². The molecule has 3 aromatic rings. The van der Waals surface area contributed by atoms with Gasteiger partial charge in [-0.3, -0.25) is 19.3 Å². The van der Waals surface area contributed by atoms with Crippen LogP contribution < -0.4 is 9.80 Å². The first-order valence-corrected chi connectivity index (χ1v) is 9.95. The topological polar surface area (TPSA) is 57.7 Å². The Bertz CT molecular complexity index is 1110. The molecule has 1 heterocycles. The third-order valence-electron chi connectivity index (χ3n) is 5.30. The Morgan fingerprint density at radius 2 is 1.37 bits per heavy atom. The van der Waals surface area contributed by atoms with Gasteiger partial charge in [-0.25, -0.2) is 4.90 Å². The summed E-state index contributed by atoms with van der Waals surface area (Å²) in [7, 11) is 0. The van der Waals surface area contributed by atoms with Crippen LogP contribution in [0, 0.1) is 6.92 Å². The largest absolute Gasteiger partial charge is 0.294 e. The monoisotopic (exact) mass is 398 g/mol. The van der Waals surface area contributed by atoms with E-state index in [2.05, 4.69) is 0 Å². The Kier molecular flexibility index (Phi) is 5.19. The van der Waals surface area contributed by atoms with Crippen molar-refractivity contribution in [2.45, 2.75) is 26.3 Å². The van der Waals surface area contributed by atoms with Gasteiger partial charge in [0.2, 0.25) is 0 Å². The number of nitrogens with zero attached hydrogens (tertiary/aromatic N) is 2. The maximum atomic E-state index is 13.5. The lowest BCUT2D eigenvalue weighted by molar-refractivity contribution is -0.119. The van der Waals surface area contributed by atoms with Gasteiger partial charge in [0, 0.05) is 11.1 Å². The molecule has 4 rings (SSSR count). The maximum absolute atomic E-state index is 13.5. The summed E-state index contributed by atoms with van der Waals surface area (Å²) < 4.78 is 0. The highest BCUT2D eigenvalue weighted by Crippen LogP contribution is 2.39. The molecular weight excluding hydrogens is 376 g/mol. The molecule has 0 spiro atoms. The van der Waals surface area contributed by atoms with Crippen LogP contribution >= 0.6 is 0 Å². The lowest BCUT2D eigenvalue weighted by Crippen LogP contribution is -2.57. The molecule has 3 aromatic carbocycles. The van der Waals surface area contributed by atoms with E-state index in [9.17, 15) is 14.4 Å². The number of benzene rings is 3. The number of fused-ring (bicyclic) bond motifs is 1. The lowest BCUT2D eigenvalue weighted by atomic mass is 9.99. The fraction of sp³-hybridized carbons (Fsp3) is 0.160. The molecular formula is C25H22N2O3. The molecule has 1 aliphatic rings. The van der Waals surface area contributed by atoms with Gasteiger partial charge < -0.3 is 0 Å². The molecule has 1 aliphatic heterocycles. The average molecular weight is 398 g/mol. The Morgan fingerprint density at radius 3 is 1.93 bits per heavy atom. The van der Waals surface area contributed by atoms with Crippen molar-refractivity contribution in [3.8, 4) is 0 Å². The fourth-order valence-electron chi connectivity index (χ4n) is 3.81. The molecule has 0 radical (unpaired) electrons. The number of aryl methyl sites for hydroxylation is 1. The standard InChI is InChI=1S/C25H22N2O3/c1-3-20-25(30)27(24(29)19-12-8-5-9-13-19)22-16-17(2)14-15-21(22)26(20)23(28)18-10-6-4-7-11-18/h4-16,20H,3H2,1-2H3/t20-/m1/s1. The van der Waals surface area contributed by atoms with Gasteiger partial charge in [0.1, 0.15) is 6.04 Å². The van der Waals surface area contributed by atoms with Crippen molar-refractivity contribution in [3.05, 3.63) is 95.6 Å². The van der Waals surface area contributed by atoms with Crippen molar-refractivity contribution in [1.82, 2.24) is 0 Å². The first-order chi connectivity index (χ1) is 14.5. The molecule has 0 saturated heterocycles. The van der Waals surface area contributed by atoms with Gasteiger partial charge in [0.15, 0.2) is 0 Å². The van der Waals surface area contributed by atoms with E-state index in [1.165, 1.54) is 9.80 Å². The van der Waals surface area contributed by atoms with Crippen molar-refractivity contribution in [2.24, 2.45) is 0 Å². The Balaban J connectivity index is 1.87. The Hall–Kier alpha value is -3.73. The molecule has 0 unspecified atom stereocenters. The molecule has 0 aliphatic carbocycles. The third kappa shape index (κ3) is 3.28. The van der Waals surface area contributed by atoms with E-state index < -0.39 is 17.9 Å². The molecule has 0 bridgehead atoms. The van der Waals surface area contributed by atoms with Crippen LogP contribution in [-0.4, -0.2) is 23.8 Å². The molecule has 0 fully saturated rings. The minimum atomic E-state index is -0.763.